The van der Waals surface area contributed by atoms with E-state index in [1.54, 1.807) is 6.08 Å². The number of carbonyl (C=O) groups excluding carboxylic acids is 1. The molecule has 0 aliphatic heterocycles. The van der Waals surface area contributed by atoms with Gasteiger partial charge in [-0.3, -0.25) is 4.79 Å². The Morgan fingerprint density at radius 2 is 0.587 bits per heavy atom. The van der Waals surface area contributed by atoms with E-state index in [9.17, 15) is 15.0 Å². The van der Waals surface area contributed by atoms with Crippen molar-refractivity contribution in [2.45, 2.75) is 302 Å². The number of amides is 1. The van der Waals surface area contributed by atoms with Crippen molar-refractivity contribution in [2.75, 3.05) is 6.61 Å². The predicted molar refractivity (Wildman–Crippen MR) is 335 cm³/mol. The molecule has 0 saturated heterocycles. The number of nitrogens with one attached hydrogen (secondary N) is 1. The molecule has 4 heteroatoms. The van der Waals surface area contributed by atoms with Gasteiger partial charge in [0.2, 0.25) is 5.91 Å². The summed E-state index contributed by atoms with van der Waals surface area (Å²) in [5.41, 5.74) is 0. The molecule has 0 bridgehead atoms. The summed E-state index contributed by atoms with van der Waals surface area (Å²) in [5, 5.41) is 23.2. The van der Waals surface area contributed by atoms with Crippen molar-refractivity contribution in [2.24, 2.45) is 0 Å². The molecule has 0 aromatic rings. The standard InChI is InChI=1S/C71H121NO3/c1-3-5-7-9-11-13-15-17-19-21-23-25-27-29-31-32-33-34-35-36-37-38-39-40-41-43-45-47-49-51-53-55-57-59-61-63-65-67-71(75)72-69(68-73)70(74)66-64-62-60-58-56-54-52-50-48-46-44-42-30-28-26-24-22-20-18-16-14-12-10-8-6-4-2/h5,7,11,13,17,19,23,25,29,31,33-34,36-37,39-40,43,45,49,51,64,66,69-70,73-74H,3-4,6,8-10,12,14-16,18,20-22,24,26-28,30,32,35,38,41-42,44,46-48,50,52-63,65,67-68H2,1-2H3,(H,72,75)/b7-5-,13-11-,19-17-,25-23-,31-29-,34-33-,37-36-,40-39-,45-43-,51-49-,66-64+. The second-order valence-corrected chi connectivity index (χ2v) is 21.1. The number of carbonyl (C=O) groups is 1. The van der Waals surface area contributed by atoms with Crippen molar-refractivity contribution in [3.8, 4) is 0 Å². The van der Waals surface area contributed by atoms with Crippen LogP contribution in [0.5, 0.6) is 0 Å². The van der Waals surface area contributed by atoms with Crippen molar-refractivity contribution >= 4 is 5.91 Å². The van der Waals surface area contributed by atoms with Crippen LogP contribution in [0.15, 0.2) is 134 Å². The summed E-state index contributed by atoms with van der Waals surface area (Å²) < 4.78 is 0. The number of aliphatic hydroxyl groups is 2. The second kappa shape index (κ2) is 64.8. The molecule has 428 valence electrons. The first-order valence-corrected chi connectivity index (χ1v) is 31.9. The molecule has 0 radical (unpaired) electrons. The van der Waals surface area contributed by atoms with E-state index in [0.717, 1.165) is 103 Å². The van der Waals surface area contributed by atoms with E-state index >= 15 is 0 Å². The maximum absolute atomic E-state index is 12.5. The van der Waals surface area contributed by atoms with Crippen LogP contribution in [0.1, 0.15) is 290 Å². The minimum Gasteiger partial charge on any atom is -0.394 e. The highest BCUT2D eigenvalue weighted by atomic mass is 16.3. The van der Waals surface area contributed by atoms with Gasteiger partial charge in [0.15, 0.2) is 0 Å². The molecule has 0 aromatic heterocycles. The lowest BCUT2D eigenvalue weighted by Crippen LogP contribution is -2.45. The number of rotatable bonds is 57. The molecule has 3 N–H and O–H groups in total. The molecule has 2 atom stereocenters. The lowest BCUT2D eigenvalue weighted by Gasteiger charge is -2.20. The molecule has 0 saturated carbocycles. The van der Waals surface area contributed by atoms with E-state index < -0.39 is 12.1 Å². The summed E-state index contributed by atoms with van der Waals surface area (Å²) in [7, 11) is 0. The van der Waals surface area contributed by atoms with Crippen molar-refractivity contribution in [1.82, 2.24) is 5.32 Å². The fraction of sp³-hybridized carbons (Fsp3) is 0.676. The Labute approximate surface area is 466 Å². The zero-order valence-corrected chi connectivity index (χ0v) is 49.3. The lowest BCUT2D eigenvalue weighted by molar-refractivity contribution is -0.123. The quantitative estimate of drug-likeness (QED) is 0.0420. The Bertz CT molecular complexity index is 1500. The first-order valence-electron chi connectivity index (χ1n) is 31.9. The van der Waals surface area contributed by atoms with Gasteiger partial charge in [-0.1, -0.05) is 321 Å². The molecule has 0 aromatic carbocycles. The highest BCUT2D eigenvalue weighted by molar-refractivity contribution is 5.76. The van der Waals surface area contributed by atoms with E-state index in [1.807, 2.05) is 6.08 Å². The molecular formula is C71H121NO3. The Hall–Kier alpha value is -3.47. The Kier molecular flexibility index (Phi) is 61.8. The number of hydrogen-bond donors (Lipinski definition) is 3. The molecule has 0 aliphatic carbocycles. The third-order valence-electron chi connectivity index (χ3n) is 13.9. The van der Waals surface area contributed by atoms with E-state index in [2.05, 4.69) is 141 Å². The molecule has 75 heavy (non-hydrogen) atoms. The average molecular weight is 1040 g/mol. The largest absolute Gasteiger partial charge is 0.394 e. The third-order valence-corrected chi connectivity index (χ3v) is 13.9. The van der Waals surface area contributed by atoms with Gasteiger partial charge < -0.3 is 15.5 Å². The Morgan fingerprint density at radius 1 is 0.333 bits per heavy atom. The van der Waals surface area contributed by atoms with Crippen molar-refractivity contribution < 1.29 is 15.0 Å². The monoisotopic (exact) mass is 1040 g/mol. The third kappa shape index (κ3) is 61.3. The van der Waals surface area contributed by atoms with Gasteiger partial charge in [0.05, 0.1) is 18.8 Å². The summed E-state index contributed by atoms with van der Waals surface area (Å²) in [4.78, 5) is 12.5. The molecule has 0 aliphatic rings. The molecular weight excluding hydrogens is 915 g/mol. The molecule has 0 spiro atoms. The van der Waals surface area contributed by atoms with Gasteiger partial charge in [-0.25, -0.2) is 0 Å². The van der Waals surface area contributed by atoms with Crippen LogP contribution < -0.4 is 5.32 Å². The van der Waals surface area contributed by atoms with Gasteiger partial charge in [-0.2, -0.15) is 0 Å². The highest BCUT2D eigenvalue weighted by Crippen LogP contribution is 2.17. The van der Waals surface area contributed by atoms with Crippen LogP contribution in [0.25, 0.3) is 0 Å². The maximum Gasteiger partial charge on any atom is 0.220 e. The summed E-state index contributed by atoms with van der Waals surface area (Å²) >= 11 is 0. The van der Waals surface area contributed by atoms with Gasteiger partial charge in [0.1, 0.15) is 0 Å². The van der Waals surface area contributed by atoms with Crippen LogP contribution in [0.4, 0.5) is 0 Å². The van der Waals surface area contributed by atoms with E-state index in [0.29, 0.717) is 6.42 Å². The lowest BCUT2D eigenvalue weighted by atomic mass is 10.0. The average Bonchev–Trinajstić information content (AvgIpc) is 3.41. The molecule has 0 rings (SSSR count). The van der Waals surface area contributed by atoms with E-state index in [-0.39, 0.29) is 12.5 Å². The zero-order chi connectivity index (χ0) is 54.1. The molecule has 4 nitrogen and oxygen atoms in total. The SMILES string of the molecule is CC/C=C\C/C=C\C/C=C\C/C=C\C/C=C\C/C=C\C/C=C\C/C=C\C/C=C\C/C=C\CCCCCCCCC(=O)NC(CO)C(O)/C=C/CCCCCCCCCCCCCCCCCCCCCCCCCC. The van der Waals surface area contributed by atoms with E-state index in [1.165, 1.54) is 167 Å². The van der Waals surface area contributed by atoms with Crippen molar-refractivity contribution in [3.63, 3.8) is 0 Å². The second-order valence-electron chi connectivity index (χ2n) is 21.1. The van der Waals surface area contributed by atoms with Gasteiger partial charge >= 0.3 is 0 Å². The summed E-state index contributed by atoms with van der Waals surface area (Å²) in [6, 6.07) is -0.642. The van der Waals surface area contributed by atoms with Crippen LogP contribution in [-0.4, -0.2) is 34.9 Å². The van der Waals surface area contributed by atoms with Gasteiger partial charge in [-0.15, -0.1) is 0 Å². The summed E-state index contributed by atoms with van der Waals surface area (Å²) in [6.07, 6.45) is 101. The minimum absolute atomic E-state index is 0.0812. The predicted octanol–water partition coefficient (Wildman–Crippen LogP) is 21.8. The van der Waals surface area contributed by atoms with Crippen molar-refractivity contribution in [3.05, 3.63) is 134 Å². The molecule has 0 fully saturated rings. The van der Waals surface area contributed by atoms with Crippen LogP contribution in [0.2, 0.25) is 0 Å². The molecule has 1 amide bonds. The maximum atomic E-state index is 12.5. The van der Waals surface area contributed by atoms with E-state index in [4.69, 9.17) is 0 Å². The topological polar surface area (TPSA) is 69.6 Å². The smallest absolute Gasteiger partial charge is 0.220 e. The summed E-state index contributed by atoms with van der Waals surface area (Å²) in [5.74, 6) is -0.0812. The van der Waals surface area contributed by atoms with Crippen LogP contribution in [0.3, 0.4) is 0 Å². The zero-order valence-electron chi connectivity index (χ0n) is 49.3. The van der Waals surface area contributed by atoms with Gasteiger partial charge in [0.25, 0.3) is 0 Å². The van der Waals surface area contributed by atoms with Gasteiger partial charge in [0, 0.05) is 6.42 Å². The Balaban J connectivity index is 3.62. The fourth-order valence-corrected chi connectivity index (χ4v) is 9.09. The van der Waals surface area contributed by atoms with Crippen molar-refractivity contribution in [1.29, 1.82) is 0 Å². The minimum atomic E-state index is -0.857. The number of allylic oxidation sites excluding steroid dienone is 21. The highest BCUT2D eigenvalue weighted by Gasteiger charge is 2.18. The number of aliphatic hydroxyl groups excluding tert-OH is 2. The normalized spacial score (nSPS) is 13.7. The van der Waals surface area contributed by atoms with Gasteiger partial charge in [-0.05, 0) is 96.3 Å². The first-order chi connectivity index (χ1) is 37.2. The molecule has 2 unspecified atom stereocenters. The number of unbranched alkanes of at least 4 members (excludes halogenated alkanes) is 30. The summed E-state index contributed by atoms with van der Waals surface area (Å²) in [6.45, 7) is 4.20. The number of hydrogen-bond acceptors (Lipinski definition) is 3. The first kappa shape index (κ1) is 71.5. The van der Waals surface area contributed by atoms with Crippen LogP contribution in [0, 0.1) is 0 Å². The van der Waals surface area contributed by atoms with Crippen LogP contribution >= 0.6 is 0 Å². The Morgan fingerprint density at radius 3 is 0.880 bits per heavy atom. The molecule has 0 heterocycles. The van der Waals surface area contributed by atoms with Crippen LogP contribution in [-0.2, 0) is 4.79 Å². The fourth-order valence-electron chi connectivity index (χ4n) is 9.09.